The summed E-state index contributed by atoms with van der Waals surface area (Å²) in [7, 11) is 1.52. The Balaban J connectivity index is 2.74. The summed E-state index contributed by atoms with van der Waals surface area (Å²) in [6, 6.07) is 3.66. The predicted octanol–water partition coefficient (Wildman–Crippen LogP) is 3.10. The number of methoxy groups -OCH3 is 1. The van der Waals surface area contributed by atoms with E-state index in [2.05, 4.69) is 22.6 Å². The normalized spacial score (nSPS) is 13.7. The van der Waals surface area contributed by atoms with Gasteiger partial charge >= 0.3 is 0 Å². The van der Waals surface area contributed by atoms with Gasteiger partial charge in [0.1, 0.15) is 0 Å². The lowest BCUT2D eigenvalue weighted by Gasteiger charge is -2.09. The van der Waals surface area contributed by atoms with Crippen LogP contribution < -0.4 is 4.74 Å². The number of allylic oxidation sites excluding steroid dienone is 1. The second-order valence-corrected chi connectivity index (χ2v) is 5.92. The fraction of sp³-hybridized carbons (Fsp3) is 0.375. The van der Waals surface area contributed by atoms with Crippen LogP contribution >= 0.6 is 22.6 Å². The minimum Gasteiger partial charge on any atom is -0.504 e. The Bertz CT molecular complexity index is 523. The molecule has 0 heterocycles. The van der Waals surface area contributed by atoms with Crippen molar-refractivity contribution in [1.82, 2.24) is 0 Å². The Morgan fingerprint density at radius 3 is 2.76 bits per heavy atom. The van der Waals surface area contributed by atoms with Crippen molar-refractivity contribution in [3.8, 4) is 11.5 Å². The molecular weight excluding hydrogens is 383 g/mol. The van der Waals surface area contributed by atoms with E-state index in [0.717, 1.165) is 21.1 Å². The summed E-state index contributed by atoms with van der Waals surface area (Å²) in [6.07, 6.45) is 5.94. The summed E-state index contributed by atoms with van der Waals surface area (Å²) in [5, 5.41) is 28.1. The molecule has 1 rings (SSSR count). The van der Waals surface area contributed by atoms with Crippen molar-refractivity contribution in [2.45, 2.75) is 25.9 Å². The lowest BCUT2D eigenvalue weighted by molar-refractivity contribution is 0.211. The Labute approximate surface area is 138 Å². The third-order valence-electron chi connectivity index (χ3n) is 2.98. The molecule has 0 fully saturated rings. The molecule has 0 radical (unpaired) electrons. The SMILES string of the molecule is COc1cc(/C=C(\C)CC[C@@H](O)/C=C\CO)cc(I)c1O. The highest BCUT2D eigenvalue weighted by atomic mass is 127. The van der Waals surface area contributed by atoms with Crippen LogP contribution in [0.3, 0.4) is 0 Å². The summed E-state index contributed by atoms with van der Waals surface area (Å²) >= 11 is 2.06. The van der Waals surface area contributed by atoms with Crippen LogP contribution in [0, 0.1) is 3.57 Å². The number of ether oxygens (including phenoxy) is 1. The molecule has 0 aromatic heterocycles. The first-order chi connectivity index (χ1) is 9.97. The standard InChI is InChI=1S/C16H21IO4/c1-11(5-6-13(19)4-3-7-18)8-12-9-14(17)16(20)15(10-12)21-2/h3-4,8-10,13,18-20H,5-7H2,1-2H3/b4-3-,11-8+/t13-/m0/s1. The summed E-state index contributed by atoms with van der Waals surface area (Å²) in [5.74, 6) is 0.601. The molecule has 5 heteroatoms. The van der Waals surface area contributed by atoms with Gasteiger partial charge in [-0.05, 0) is 60.1 Å². The molecule has 1 aromatic rings. The summed E-state index contributed by atoms with van der Waals surface area (Å²) in [4.78, 5) is 0. The van der Waals surface area contributed by atoms with Crippen LogP contribution in [0.4, 0.5) is 0 Å². The van der Waals surface area contributed by atoms with Crippen LogP contribution in [0.1, 0.15) is 25.3 Å². The second kappa shape index (κ2) is 9.07. The largest absolute Gasteiger partial charge is 0.504 e. The molecule has 0 bridgehead atoms. The first-order valence-corrected chi connectivity index (χ1v) is 7.75. The van der Waals surface area contributed by atoms with Gasteiger partial charge in [0, 0.05) is 0 Å². The number of aliphatic hydroxyl groups excluding tert-OH is 2. The summed E-state index contributed by atoms with van der Waals surface area (Å²) in [6.45, 7) is 1.94. The highest BCUT2D eigenvalue weighted by Crippen LogP contribution is 2.33. The smallest absolute Gasteiger partial charge is 0.171 e. The Morgan fingerprint density at radius 2 is 2.14 bits per heavy atom. The van der Waals surface area contributed by atoms with Gasteiger partial charge in [-0.3, -0.25) is 0 Å². The van der Waals surface area contributed by atoms with Crippen molar-refractivity contribution in [2.24, 2.45) is 0 Å². The zero-order valence-corrected chi connectivity index (χ0v) is 14.4. The minimum absolute atomic E-state index is 0.0579. The Kier molecular flexibility index (Phi) is 7.77. The molecule has 1 aromatic carbocycles. The fourth-order valence-electron chi connectivity index (χ4n) is 1.88. The topological polar surface area (TPSA) is 69.9 Å². The van der Waals surface area contributed by atoms with Crippen LogP contribution in [-0.4, -0.2) is 35.1 Å². The van der Waals surface area contributed by atoms with Gasteiger partial charge in [0.05, 0.1) is 23.4 Å². The third kappa shape index (κ3) is 6.07. The Morgan fingerprint density at radius 1 is 1.43 bits per heavy atom. The van der Waals surface area contributed by atoms with Gasteiger partial charge in [-0.25, -0.2) is 0 Å². The lowest BCUT2D eigenvalue weighted by atomic mass is 10.0. The zero-order valence-electron chi connectivity index (χ0n) is 12.2. The molecule has 0 unspecified atom stereocenters. The van der Waals surface area contributed by atoms with Crippen molar-refractivity contribution in [1.29, 1.82) is 0 Å². The van der Waals surface area contributed by atoms with Crippen LogP contribution in [0.25, 0.3) is 6.08 Å². The number of aromatic hydroxyl groups is 1. The van der Waals surface area contributed by atoms with Crippen LogP contribution in [0.15, 0.2) is 29.9 Å². The van der Waals surface area contributed by atoms with E-state index in [4.69, 9.17) is 9.84 Å². The quantitative estimate of drug-likeness (QED) is 0.483. The van der Waals surface area contributed by atoms with E-state index in [1.165, 1.54) is 13.2 Å². The van der Waals surface area contributed by atoms with Gasteiger partial charge in [0.15, 0.2) is 11.5 Å². The van der Waals surface area contributed by atoms with E-state index in [-0.39, 0.29) is 12.4 Å². The second-order valence-electron chi connectivity index (χ2n) is 4.76. The molecule has 1 atom stereocenters. The molecule has 0 aliphatic carbocycles. The van der Waals surface area contributed by atoms with Gasteiger partial charge in [-0.2, -0.15) is 0 Å². The monoisotopic (exact) mass is 404 g/mol. The van der Waals surface area contributed by atoms with E-state index < -0.39 is 6.10 Å². The molecule has 0 spiro atoms. The van der Waals surface area contributed by atoms with Gasteiger partial charge < -0.3 is 20.1 Å². The summed E-state index contributed by atoms with van der Waals surface area (Å²) < 4.78 is 5.87. The minimum atomic E-state index is -0.546. The van der Waals surface area contributed by atoms with Crippen LogP contribution in [0.5, 0.6) is 11.5 Å². The highest BCUT2D eigenvalue weighted by Gasteiger charge is 2.07. The van der Waals surface area contributed by atoms with E-state index in [0.29, 0.717) is 12.2 Å². The van der Waals surface area contributed by atoms with Crippen LogP contribution in [0.2, 0.25) is 0 Å². The molecule has 3 N–H and O–H groups in total. The maximum Gasteiger partial charge on any atom is 0.171 e. The molecule has 0 saturated carbocycles. The number of halogens is 1. The maximum absolute atomic E-state index is 9.80. The molecular formula is C16H21IO4. The maximum atomic E-state index is 9.80. The van der Waals surface area contributed by atoms with Gasteiger partial charge in [0.25, 0.3) is 0 Å². The van der Waals surface area contributed by atoms with Crippen LogP contribution in [-0.2, 0) is 0 Å². The van der Waals surface area contributed by atoms with Gasteiger partial charge in [-0.1, -0.05) is 23.8 Å². The molecule has 0 aliphatic heterocycles. The van der Waals surface area contributed by atoms with E-state index in [9.17, 15) is 10.2 Å². The molecule has 4 nitrogen and oxygen atoms in total. The third-order valence-corrected chi connectivity index (χ3v) is 3.80. The van der Waals surface area contributed by atoms with Crippen molar-refractivity contribution in [2.75, 3.05) is 13.7 Å². The van der Waals surface area contributed by atoms with Crippen molar-refractivity contribution >= 4 is 28.7 Å². The van der Waals surface area contributed by atoms with E-state index in [1.54, 1.807) is 12.1 Å². The number of phenolic OH excluding ortho intramolecular Hbond substituents is 1. The number of aliphatic hydroxyl groups is 2. The van der Waals surface area contributed by atoms with Crippen molar-refractivity contribution < 1.29 is 20.1 Å². The van der Waals surface area contributed by atoms with Crippen molar-refractivity contribution in [3.63, 3.8) is 0 Å². The van der Waals surface area contributed by atoms with Gasteiger partial charge in [-0.15, -0.1) is 0 Å². The molecule has 0 amide bonds. The highest BCUT2D eigenvalue weighted by molar-refractivity contribution is 14.1. The summed E-state index contributed by atoms with van der Waals surface area (Å²) in [5.41, 5.74) is 2.07. The molecule has 0 aliphatic rings. The average Bonchev–Trinajstić information content (AvgIpc) is 2.46. The zero-order chi connectivity index (χ0) is 15.8. The van der Waals surface area contributed by atoms with Gasteiger partial charge in [0.2, 0.25) is 0 Å². The molecule has 21 heavy (non-hydrogen) atoms. The number of rotatable bonds is 7. The Hall–Kier alpha value is -1.05. The van der Waals surface area contributed by atoms with Crippen molar-refractivity contribution in [3.05, 3.63) is 39.0 Å². The average molecular weight is 404 g/mol. The number of phenols is 1. The number of hydrogen-bond donors (Lipinski definition) is 3. The fourth-order valence-corrected chi connectivity index (χ4v) is 2.50. The number of hydrogen-bond acceptors (Lipinski definition) is 4. The first kappa shape index (κ1) is 18.0. The van der Waals surface area contributed by atoms with E-state index >= 15 is 0 Å². The molecule has 116 valence electrons. The lowest BCUT2D eigenvalue weighted by Crippen LogP contribution is -2.02. The predicted molar refractivity (Wildman–Crippen MR) is 92.5 cm³/mol. The molecule has 0 saturated heterocycles. The van der Waals surface area contributed by atoms with E-state index in [1.807, 2.05) is 19.1 Å². The number of benzene rings is 1. The first-order valence-electron chi connectivity index (χ1n) is 6.67.